The summed E-state index contributed by atoms with van der Waals surface area (Å²) in [5, 5.41) is 5.62. The van der Waals surface area contributed by atoms with Gasteiger partial charge in [-0.05, 0) is 6.92 Å². The number of halogens is 3. The summed E-state index contributed by atoms with van der Waals surface area (Å²) in [6, 6.07) is 0. The van der Waals surface area contributed by atoms with E-state index in [9.17, 15) is 13.2 Å². The van der Waals surface area contributed by atoms with Gasteiger partial charge in [0, 0.05) is 18.5 Å². The van der Waals surface area contributed by atoms with Crippen LogP contribution in [0.1, 0.15) is 10.7 Å². The van der Waals surface area contributed by atoms with Crippen LogP contribution in [0.5, 0.6) is 0 Å². The summed E-state index contributed by atoms with van der Waals surface area (Å²) in [6.07, 6.45) is -4.54. The van der Waals surface area contributed by atoms with Crippen LogP contribution < -0.4 is 5.32 Å². The standard InChI is InChI=1S/C8H11F3N2OS/c1-6-13-7(5-15-6)4-12-2-3-14-8(9,10)11/h5,12H,2-4H2,1H3. The van der Waals surface area contributed by atoms with Crippen molar-refractivity contribution in [2.75, 3.05) is 13.2 Å². The highest BCUT2D eigenvalue weighted by Gasteiger charge is 2.28. The Labute approximate surface area is 89.3 Å². The molecule has 1 aromatic rings. The smallest absolute Gasteiger partial charge is 0.309 e. The van der Waals surface area contributed by atoms with Gasteiger partial charge in [-0.2, -0.15) is 0 Å². The van der Waals surface area contributed by atoms with E-state index in [1.807, 2.05) is 12.3 Å². The number of nitrogens with one attached hydrogen (secondary N) is 1. The highest BCUT2D eigenvalue weighted by Crippen LogP contribution is 2.15. The number of hydrogen-bond donors (Lipinski definition) is 1. The maximum atomic E-state index is 11.5. The van der Waals surface area contributed by atoms with Crippen molar-refractivity contribution >= 4 is 11.3 Å². The lowest BCUT2D eigenvalue weighted by Gasteiger charge is -2.07. The van der Waals surface area contributed by atoms with E-state index < -0.39 is 6.36 Å². The van der Waals surface area contributed by atoms with Gasteiger partial charge in [-0.25, -0.2) is 4.98 Å². The third-order valence-corrected chi connectivity index (χ3v) is 2.34. The predicted molar refractivity (Wildman–Crippen MR) is 50.6 cm³/mol. The summed E-state index contributed by atoms with van der Waals surface area (Å²) in [7, 11) is 0. The molecule has 0 aromatic carbocycles. The van der Waals surface area contributed by atoms with Crippen molar-refractivity contribution < 1.29 is 17.9 Å². The van der Waals surface area contributed by atoms with Crippen molar-refractivity contribution in [1.82, 2.24) is 10.3 Å². The first-order chi connectivity index (χ1) is 6.97. The molecule has 1 N–H and O–H groups in total. The Kier molecular flexibility index (Phi) is 4.49. The van der Waals surface area contributed by atoms with Gasteiger partial charge >= 0.3 is 6.36 Å². The maximum absolute atomic E-state index is 11.5. The van der Waals surface area contributed by atoms with Crippen molar-refractivity contribution in [2.24, 2.45) is 0 Å². The lowest BCUT2D eigenvalue weighted by atomic mass is 10.5. The first kappa shape index (κ1) is 12.4. The Hall–Kier alpha value is -0.660. The molecule has 0 aliphatic carbocycles. The lowest BCUT2D eigenvalue weighted by molar-refractivity contribution is -0.323. The number of hydrogen-bond acceptors (Lipinski definition) is 4. The van der Waals surface area contributed by atoms with E-state index in [1.165, 1.54) is 11.3 Å². The van der Waals surface area contributed by atoms with Crippen molar-refractivity contribution in [3.8, 4) is 0 Å². The molecule has 0 spiro atoms. The van der Waals surface area contributed by atoms with Crippen molar-refractivity contribution in [3.05, 3.63) is 16.1 Å². The fourth-order valence-electron chi connectivity index (χ4n) is 0.945. The third-order valence-electron chi connectivity index (χ3n) is 1.52. The Bertz CT molecular complexity index is 300. The minimum atomic E-state index is -4.54. The fraction of sp³-hybridized carbons (Fsp3) is 0.625. The van der Waals surface area contributed by atoms with Gasteiger partial charge in [0.05, 0.1) is 17.3 Å². The van der Waals surface area contributed by atoms with Crippen LogP contribution in [0, 0.1) is 6.92 Å². The monoisotopic (exact) mass is 240 g/mol. The van der Waals surface area contributed by atoms with Crippen molar-refractivity contribution in [2.45, 2.75) is 19.8 Å². The molecule has 1 aromatic heterocycles. The molecule has 3 nitrogen and oxygen atoms in total. The first-order valence-electron chi connectivity index (χ1n) is 4.30. The summed E-state index contributed by atoms with van der Waals surface area (Å²) >= 11 is 1.51. The second kappa shape index (κ2) is 5.43. The average molecular weight is 240 g/mol. The molecule has 0 atom stereocenters. The average Bonchev–Trinajstić information content (AvgIpc) is 2.49. The summed E-state index contributed by atoms with van der Waals surface area (Å²) in [5.41, 5.74) is 0.838. The second-order valence-electron chi connectivity index (χ2n) is 2.83. The van der Waals surface area contributed by atoms with Crippen LogP contribution in [-0.4, -0.2) is 24.5 Å². The minimum absolute atomic E-state index is 0.149. The van der Waals surface area contributed by atoms with E-state index >= 15 is 0 Å². The van der Waals surface area contributed by atoms with E-state index in [2.05, 4.69) is 15.0 Å². The molecule has 0 saturated carbocycles. The normalized spacial score (nSPS) is 12.0. The number of rotatable bonds is 5. The molecule has 0 saturated heterocycles. The van der Waals surface area contributed by atoms with Gasteiger partial charge in [-0.15, -0.1) is 24.5 Å². The van der Waals surface area contributed by atoms with Crippen LogP contribution in [0.4, 0.5) is 13.2 Å². The highest BCUT2D eigenvalue weighted by molar-refractivity contribution is 7.09. The van der Waals surface area contributed by atoms with Gasteiger partial charge in [0.2, 0.25) is 0 Å². The topological polar surface area (TPSA) is 34.2 Å². The molecule has 1 rings (SSSR count). The minimum Gasteiger partial charge on any atom is -0.309 e. The van der Waals surface area contributed by atoms with E-state index in [1.54, 1.807) is 0 Å². The largest absolute Gasteiger partial charge is 0.522 e. The zero-order chi connectivity index (χ0) is 11.3. The number of thiazole rings is 1. The number of alkyl halides is 3. The molecule has 0 aliphatic heterocycles. The van der Waals surface area contributed by atoms with E-state index in [0.29, 0.717) is 6.54 Å². The molecule has 0 radical (unpaired) electrons. The Morgan fingerprint density at radius 2 is 2.27 bits per heavy atom. The molecule has 15 heavy (non-hydrogen) atoms. The van der Waals surface area contributed by atoms with Gasteiger partial charge in [-0.1, -0.05) is 0 Å². The van der Waals surface area contributed by atoms with Crippen molar-refractivity contribution in [3.63, 3.8) is 0 Å². The van der Waals surface area contributed by atoms with Gasteiger partial charge in [0.25, 0.3) is 0 Å². The van der Waals surface area contributed by atoms with Gasteiger partial charge < -0.3 is 5.32 Å². The van der Waals surface area contributed by atoms with Crippen LogP contribution >= 0.6 is 11.3 Å². The van der Waals surface area contributed by atoms with E-state index in [0.717, 1.165) is 10.7 Å². The molecule has 86 valence electrons. The van der Waals surface area contributed by atoms with Crippen LogP contribution in [0.2, 0.25) is 0 Å². The van der Waals surface area contributed by atoms with Gasteiger partial charge in [0.1, 0.15) is 0 Å². The highest BCUT2D eigenvalue weighted by atomic mass is 32.1. The molecule has 0 amide bonds. The van der Waals surface area contributed by atoms with Gasteiger partial charge in [-0.3, -0.25) is 4.74 Å². The van der Waals surface area contributed by atoms with Crippen LogP contribution in [0.15, 0.2) is 5.38 Å². The molecular formula is C8H11F3N2OS. The Balaban J connectivity index is 2.07. The van der Waals surface area contributed by atoms with Crippen LogP contribution in [0.25, 0.3) is 0 Å². The quantitative estimate of drug-likeness (QED) is 0.800. The zero-order valence-electron chi connectivity index (χ0n) is 8.10. The van der Waals surface area contributed by atoms with Crippen molar-refractivity contribution in [1.29, 1.82) is 0 Å². The SMILES string of the molecule is Cc1nc(CNCCOC(F)(F)F)cs1. The third kappa shape index (κ3) is 5.71. The summed E-state index contributed by atoms with van der Waals surface area (Å²) < 4.78 is 38.2. The fourth-order valence-corrected chi connectivity index (χ4v) is 1.56. The molecule has 0 fully saturated rings. The molecule has 0 aliphatic rings. The summed E-state index contributed by atoms with van der Waals surface area (Å²) in [6.45, 7) is 2.11. The Morgan fingerprint density at radius 1 is 1.53 bits per heavy atom. The lowest BCUT2D eigenvalue weighted by Crippen LogP contribution is -2.24. The number of ether oxygens (including phenoxy) is 1. The van der Waals surface area contributed by atoms with Crippen LogP contribution in [0.3, 0.4) is 0 Å². The zero-order valence-corrected chi connectivity index (χ0v) is 8.91. The number of aryl methyl sites for hydroxylation is 1. The summed E-state index contributed by atoms with van der Waals surface area (Å²) in [4.78, 5) is 4.15. The Morgan fingerprint density at radius 3 is 2.80 bits per heavy atom. The molecule has 0 unspecified atom stereocenters. The van der Waals surface area contributed by atoms with Crippen LogP contribution in [-0.2, 0) is 11.3 Å². The molecule has 7 heteroatoms. The van der Waals surface area contributed by atoms with E-state index in [-0.39, 0.29) is 13.2 Å². The molecular weight excluding hydrogens is 229 g/mol. The number of aromatic nitrogens is 1. The first-order valence-corrected chi connectivity index (χ1v) is 5.18. The maximum Gasteiger partial charge on any atom is 0.522 e. The molecule has 0 bridgehead atoms. The second-order valence-corrected chi connectivity index (χ2v) is 3.89. The van der Waals surface area contributed by atoms with E-state index in [4.69, 9.17) is 0 Å². The number of nitrogens with zero attached hydrogens (tertiary/aromatic N) is 1. The summed E-state index contributed by atoms with van der Waals surface area (Å²) in [5.74, 6) is 0. The predicted octanol–water partition coefficient (Wildman–Crippen LogP) is 2.08. The van der Waals surface area contributed by atoms with Gasteiger partial charge in [0.15, 0.2) is 0 Å². The molecule has 1 heterocycles.